The molecule has 0 aliphatic carbocycles. The monoisotopic (exact) mass is 236 g/mol. The first-order valence-corrected chi connectivity index (χ1v) is 4.97. The Hall–Kier alpha value is -1.81. The van der Waals surface area contributed by atoms with Crippen LogP contribution in [0.5, 0.6) is 17.4 Å². The van der Waals surface area contributed by atoms with Crippen LogP contribution in [0.1, 0.15) is 0 Å². The van der Waals surface area contributed by atoms with E-state index in [1.807, 2.05) is 0 Å². The number of hydrogen-bond acceptors (Lipinski definition) is 4. The molecule has 0 fully saturated rings. The van der Waals surface area contributed by atoms with Crippen LogP contribution < -0.4 is 9.47 Å². The average molecular weight is 237 g/mol. The van der Waals surface area contributed by atoms with E-state index in [2.05, 4.69) is 10.2 Å². The van der Waals surface area contributed by atoms with Crippen LogP contribution in [-0.2, 0) is 0 Å². The average Bonchev–Trinajstić information content (AvgIpc) is 2.33. The predicted molar refractivity (Wildman–Crippen MR) is 60.1 cm³/mol. The Morgan fingerprint density at radius 2 is 1.62 bits per heavy atom. The summed E-state index contributed by atoms with van der Waals surface area (Å²) in [5.41, 5.74) is 0. The summed E-state index contributed by atoms with van der Waals surface area (Å²) in [7, 11) is 1.61. The molecular formula is C11H9ClN2O2. The summed E-state index contributed by atoms with van der Waals surface area (Å²) in [5.74, 6) is 1.83. The van der Waals surface area contributed by atoms with Crippen molar-refractivity contribution in [2.45, 2.75) is 0 Å². The molecular weight excluding hydrogens is 228 g/mol. The minimum absolute atomic E-state index is 0.335. The van der Waals surface area contributed by atoms with Gasteiger partial charge in [-0.25, -0.2) is 0 Å². The third-order valence-electron chi connectivity index (χ3n) is 1.89. The van der Waals surface area contributed by atoms with Gasteiger partial charge in [-0.3, -0.25) is 0 Å². The van der Waals surface area contributed by atoms with Gasteiger partial charge in [0.15, 0.2) is 5.15 Å². The molecule has 82 valence electrons. The van der Waals surface area contributed by atoms with Crippen LogP contribution in [0, 0.1) is 0 Å². The molecule has 0 atom stereocenters. The summed E-state index contributed by atoms with van der Waals surface area (Å²) in [6.07, 6.45) is 0. The molecule has 2 aromatic rings. The molecule has 0 saturated heterocycles. The second-order valence-electron chi connectivity index (χ2n) is 2.97. The molecule has 1 aromatic heterocycles. The van der Waals surface area contributed by atoms with Gasteiger partial charge in [0.25, 0.3) is 0 Å². The van der Waals surface area contributed by atoms with Crippen molar-refractivity contribution in [3.63, 3.8) is 0 Å². The Labute approximate surface area is 97.8 Å². The van der Waals surface area contributed by atoms with E-state index in [0.717, 1.165) is 5.75 Å². The standard InChI is InChI=1S/C11H9ClN2O2/c1-15-8-2-4-9(5-3-8)16-11-7-6-10(12)13-14-11/h2-7H,1H3. The van der Waals surface area contributed by atoms with Crippen molar-refractivity contribution in [1.29, 1.82) is 0 Å². The van der Waals surface area contributed by atoms with Gasteiger partial charge >= 0.3 is 0 Å². The summed E-state index contributed by atoms with van der Waals surface area (Å²) < 4.78 is 10.5. The molecule has 0 N–H and O–H groups in total. The van der Waals surface area contributed by atoms with Crippen LogP contribution in [0.25, 0.3) is 0 Å². The summed E-state index contributed by atoms with van der Waals surface area (Å²) >= 11 is 5.61. The van der Waals surface area contributed by atoms with Crippen molar-refractivity contribution >= 4 is 11.6 Å². The summed E-state index contributed by atoms with van der Waals surface area (Å²) in [6, 6.07) is 10.5. The lowest BCUT2D eigenvalue weighted by atomic mass is 10.3. The Kier molecular flexibility index (Phi) is 3.22. The quantitative estimate of drug-likeness (QED) is 0.822. The number of ether oxygens (including phenoxy) is 2. The van der Waals surface area contributed by atoms with E-state index in [1.165, 1.54) is 0 Å². The fraction of sp³-hybridized carbons (Fsp3) is 0.0909. The largest absolute Gasteiger partial charge is 0.497 e. The highest BCUT2D eigenvalue weighted by atomic mass is 35.5. The molecule has 0 spiro atoms. The Morgan fingerprint density at radius 3 is 2.19 bits per heavy atom. The van der Waals surface area contributed by atoms with Crippen molar-refractivity contribution in [3.05, 3.63) is 41.6 Å². The first kappa shape index (κ1) is 10.7. The van der Waals surface area contributed by atoms with Crippen molar-refractivity contribution in [2.24, 2.45) is 0 Å². The van der Waals surface area contributed by atoms with Crippen molar-refractivity contribution in [2.75, 3.05) is 7.11 Å². The van der Waals surface area contributed by atoms with E-state index in [9.17, 15) is 0 Å². The van der Waals surface area contributed by atoms with E-state index in [1.54, 1.807) is 43.5 Å². The van der Waals surface area contributed by atoms with Gasteiger partial charge in [-0.2, -0.15) is 0 Å². The van der Waals surface area contributed by atoms with Crippen LogP contribution in [0.2, 0.25) is 5.15 Å². The Bertz CT molecular complexity index is 456. The summed E-state index contributed by atoms with van der Waals surface area (Å²) in [6.45, 7) is 0. The fourth-order valence-corrected chi connectivity index (χ4v) is 1.22. The maximum Gasteiger partial charge on any atom is 0.238 e. The lowest BCUT2D eigenvalue weighted by molar-refractivity contribution is 0.411. The van der Waals surface area contributed by atoms with Gasteiger partial charge in [0.1, 0.15) is 11.5 Å². The molecule has 0 aliphatic heterocycles. The smallest absolute Gasteiger partial charge is 0.238 e. The second-order valence-corrected chi connectivity index (χ2v) is 3.36. The molecule has 1 aromatic carbocycles. The normalized spacial score (nSPS) is 9.88. The zero-order valence-corrected chi connectivity index (χ0v) is 9.31. The SMILES string of the molecule is COc1ccc(Oc2ccc(Cl)nn2)cc1. The van der Waals surface area contributed by atoms with Crippen LogP contribution in [-0.4, -0.2) is 17.3 Å². The minimum Gasteiger partial charge on any atom is -0.497 e. The molecule has 2 rings (SSSR count). The number of halogens is 1. The van der Waals surface area contributed by atoms with Crippen molar-refractivity contribution in [1.82, 2.24) is 10.2 Å². The van der Waals surface area contributed by atoms with Crippen molar-refractivity contribution in [3.8, 4) is 17.4 Å². The highest BCUT2D eigenvalue weighted by Crippen LogP contribution is 2.22. The predicted octanol–water partition coefficient (Wildman–Crippen LogP) is 2.93. The van der Waals surface area contributed by atoms with Gasteiger partial charge in [-0.1, -0.05) is 11.6 Å². The van der Waals surface area contributed by atoms with E-state index < -0.39 is 0 Å². The zero-order chi connectivity index (χ0) is 11.4. The molecule has 5 heteroatoms. The Balaban J connectivity index is 2.11. The molecule has 0 aliphatic rings. The van der Waals surface area contributed by atoms with E-state index >= 15 is 0 Å². The molecule has 0 radical (unpaired) electrons. The fourth-order valence-electron chi connectivity index (χ4n) is 1.12. The maximum atomic E-state index is 5.61. The molecule has 0 saturated carbocycles. The molecule has 16 heavy (non-hydrogen) atoms. The first-order valence-electron chi connectivity index (χ1n) is 4.59. The molecule has 0 bridgehead atoms. The lowest BCUT2D eigenvalue weighted by Gasteiger charge is -2.04. The van der Waals surface area contributed by atoms with Gasteiger partial charge in [0, 0.05) is 6.07 Å². The molecule has 0 unspecified atom stereocenters. The molecule has 0 amide bonds. The lowest BCUT2D eigenvalue weighted by Crippen LogP contribution is -1.90. The summed E-state index contributed by atoms with van der Waals surface area (Å²) in [5, 5.41) is 7.79. The first-order chi connectivity index (χ1) is 7.78. The number of nitrogens with zero attached hydrogens (tertiary/aromatic N) is 2. The van der Waals surface area contributed by atoms with E-state index in [0.29, 0.717) is 16.8 Å². The Morgan fingerprint density at radius 1 is 0.938 bits per heavy atom. The van der Waals surface area contributed by atoms with Crippen LogP contribution in [0.3, 0.4) is 0 Å². The van der Waals surface area contributed by atoms with Gasteiger partial charge in [0.05, 0.1) is 7.11 Å². The number of hydrogen-bond donors (Lipinski definition) is 0. The number of rotatable bonds is 3. The zero-order valence-electron chi connectivity index (χ0n) is 8.55. The van der Waals surface area contributed by atoms with Crippen LogP contribution >= 0.6 is 11.6 Å². The highest BCUT2D eigenvalue weighted by molar-refractivity contribution is 6.29. The molecule has 4 nitrogen and oxygen atoms in total. The van der Waals surface area contributed by atoms with Crippen LogP contribution in [0.15, 0.2) is 36.4 Å². The number of aromatic nitrogens is 2. The number of methoxy groups -OCH3 is 1. The summed E-state index contributed by atoms with van der Waals surface area (Å²) in [4.78, 5) is 0. The number of benzene rings is 1. The highest BCUT2D eigenvalue weighted by Gasteiger charge is 1.99. The third kappa shape index (κ3) is 2.61. The van der Waals surface area contributed by atoms with E-state index in [-0.39, 0.29) is 0 Å². The van der Waals surface area contributed by atoms with Gasteiger partial charge in [-0.15, -0.1) is 10.2 Å². The van der Waals surface area contributed by atoms with Gasteiger partial charge < -0.3 is 9.47 Å². The maximum absolute atomic E-state index is 5.61. The third-order valence-corrected chi connectivity index (χ3v) is 2.09. The van der Waals surface area contributed by atoms with E-state index in [4.69, 9.17) is 21.1 Å². The van der Waals surface area contributed by atoms with Crippen molar-refractivity contribution < 1.29 is 9.47 Å². The minimum atomic E-state index is 0.335. The van der Waals surface area contributed by atoms with Gasteiger partial charge in [0.2, 0.25) is 5.88 Å². The van der Waals surface area contributed by atoms with Gasteiger partial charge in [-0.05, 0) is 30.3 Å². The molecule has 1 heterocycles. The second kappa shape index (κ2) is 4.81. The topological polar surface area (TPSA) is 44.2 Å². The van der Waals surface area contributed by atoms with Crippen LogP contribution in [0.4, 0.5) is 0 Å².